The van der Waals surface area contributed by atoms with Crippen LogP contribution in [0.2, 0.25) is 0 Å². The van der Waals surface area contributed by atoms with E-state index < -0.39 is 5.91 Å². The summed E-state index contributed by atoms with van der Waals surface area (Å²) in [6.45, 7) is 0. The Labute approximate surface area is 123 Å². The number of ether oxygens (including phenoxy) is 1. The number of primary amides is 1. The Morgan fingerprint density at radius 1 is 1.40 bits per heavy atom. The van der Waals surface area contributed by atoms with Crippen LogP contribution in [0, 0.1) is 0 Å². The van der Waals surface area contributed by atoms with Crippen molar-refractivity contribution in [3.05, 3.63) is 35.2 Å². The van der Waals surface area contributed by atoms with Gasteiger partial charge in [0.25, 0.3) is 5.91 Å². The number of nitrogens with two attached hydrogens (primary N) is 1. The molecule has 2 aromatic heterocycles. The Morgan fingerprint density at radius 3 is 3.00 bits per heavy atom. The predicted molar refractivity (Wildman–Crippen MR) is 82.3 cm³/mol. The second-order valence-corrected chi connectivity index (χ2v) is 5.95. The Kier molecular flexibility index (Phi) is 3.29. The van der Waals surface area contributed by atoms with Crippen LogP contribution in [-0.4, -0.2) is 18.0 Å². The lowest BCUT2D eigenvalue weighted by molar-refractivity contribution is 0.100. The average Bonchev–Trinajstić information content (AvgIpc) is 3.03. The highest BCUT2D eigenvalue weighted by Gasteiger charge is 2.12. The molecule has 0 aliphatic rings. The van der Waals surface area contributed by atoms with Gasteiger partial charge in [-0.05, 0) is 29.6 Å². The van der Waals surface area contributed by atoms with Gasteiger partial charge in [-0.2, -0.15) is 0 Å². The van der Waals surface area contributed by atoms with Gasteiger partial charge in [0.1, 0.15) is 10.8 Å². The maximum absolute atomic E-state index is 11.3. The van der Waals surface area contributed by atoms with Gasteiger partial charge in [0.05, 0.1) is 22.9 Å². The Morgan fingerprint density at radius 2 is 2.25 bits per heavy atom. The fourth-order valence-corrected chi connectivity index (χ4v) is 3.54. The molecule has 7 heteroatoms. The lowest BCUT2D eigenvalue weighted by Gasteiger charge is -2.00. The SMILES string of the molecule is COc1ccc2nc(Nc3sccc3C(N)=O)sc2c1. The number of amides is 1. The summed E-state index contributed by atoms with van der Waals surface area (Å²) in [4.78, 5) is 15.8. The van der Waals surface area contributed by atoms with Crippen LogP contribution in [0.3, 0.4) is 0 Å². The molecule has 0 aliphatic carbocycles. The molecule has 0 radical (unpaired) electrons. The quantitative estimate of drug-likeness (QED) is 0.776. The van der Waals surface area contributed by atoms with Crippen LogP contribution in [0.4, 0.5) is 10.1 Å². The number of carbonyl (C=O) groups excluding carboxylic acids is 1. The third kappa shape index (κ3) is 2.33. The second-order valence-electron chi connectivity index (χ2n) is 4.01. The molecular formula is C13H11N3O2S2. The first-order valence-electron chi connectivity index (χ1n) is 5.76. The van der Waals surface area contributed by atoms with E-state index in [1.54, 1.807) is 13.2 Å². The number of thiazole rings is 1. The largest absolute Gasteiger partial charge is 0.497 e. The number of methoxy groups -OCH3 is 1. The molecule has 0 bridgehead atoms. The number of nitrogens with zero attached hydrogens (tertiary/aromatic N) is 1. The van der Waals surface area contributed by atoms with Gasteiger partial charge in [-0.3, -0.25) is 4.79 Å². The van der Waals surface area contributed by atoms with Crippen LogP contribution < -0.4 is 15.8 Å². The van der Waals surface area contributed by atoms with Crippen molar-refractivity contribution in [1.82, 2.24) is 4.98 Å². The molecule has 0 atom stereocenters. The molecule has 102 valence electrons. The zero-order valence-corrected chi connectivity index (χ0v) is 12.2. The molecule has 3 N–H and O–H groups in total. The standard InChI is InChI=1S/C13H11N3O2S2/c1-18-7-2-3-9-10(6-7)20-13(15-9)16-12-8(11(14)17)4-5-19-12/h2-6H,1H3,(H2,14,17)(H,15,16). The number of thiophene rings is 1. The number of carbonyl (C=O) groups is 1. The first kappa shape index (κ1) is 12.9. The third-order valence-corrected chi connectivity index (χ3v) is 4.51. The van der Waals surface area contributed by atoms with E-state index in [0.29, 0.717) is 10.6 Å². The van der Waals surface area contributed by atoms with Gasteiger partial charge < -0.3 is 15.8 Å². The fourth-order valence-electron chi connectivity index (χ4n) is 1.78. The molecule has 2 heterocycles. The molecule has 1 amide bonds. The highest BCUT2D eigenvalue weighted by Crippen LogP contribution is 2.33. The minimum absolute atomic E-state index is 0.448. The summed E-state index contributed by atoms with van der Waals surface area (Å²) in [6.07, 6.45) is 0. The van der Waals surface area contributed by atoms with Crippen molar-refractivity contribution in [2.24, 2.45) is 5.73 Å². The number of aromatic nitrogens is 1. The van der Waals surface area contributed by atoms with E-state index >= 15 is 0 Å². The van der Waals surface area contributed by atoms with Gasteiger partial charge in [0, 0.05) is 0 Å². The molecule has 1 aromatic carbocycles. The van der Waals surface area contributed by atoms with E-state index in [1.165, 1.54) is 22.7 Å². The molecule has 0 saturated carbocycles. The molecule has 0 spiro atoms. The molecule has 0 aliphatic heterocycles. The van der Waals surface area contributed by atoms with E-state index in [4.69, 9.17) is 10.5 Å². The van der Waals surface area contributed by atoms with E-state index in [0.717, 1.165) is 21.1 Å². The summed E-state index contributed by atoms with van der Waals surface area (Å²) in [7, 11) is 1.63. The zero-order valence-electron chi connectivity index (χ0n) is 10.5. The normalized spacial score (nSPS) is 10.7. The Balaban J connectivity index is 1.94. The molecule has 0 saturated heterocycles. The van der Waals surface area contributed by atoms with Crippen molar-refractivity contribution in [3.63, 3.8) is 0 Å². The monoisotopic (exact) mass is 305 g/mol. The van der Waals surface area contributed by atoms with E-state index in [9.17, 15) is 4.79 Å². The molecule has 3 aromatic rings. The maximum atomic E-state index is 11.3. The van der Waals surface area contributed by atoms with Crippen LogP contribution in [0.5, 0.6) is 5.75 Å². The number of nitrogens with one attached hydrogen (secondary N) is 1. The summed E-state index contributed by atoms with van der Waals surface area (Å²) >= 11 is 2.92. The van der Waals surface area contributed by atoms with Crippen molar-refractivity contribution in [2.75, 3.05) is 12.4 Å². The van der Waals surface area contributed by atoms with E-state index in [-0.39, 0.29) is 0 Å². The Hall–Kier alpha value is -2.12. The van der Waals surface area contributed by atoms with Gasteiger partial charge >= 0.3 is 0 Å². The van der Waals surface area contributed by atoms with Crippen molar-refractivity contribution >= 4 is 48.9 Å². The van der Waals surface area contributed by atoms with E-state index in [2.05, 4.69) is 10.3 Å². The minimum Gasteiger partial charge on any atom is -0.497 e. The highest BCUT2D eigenvalue weighted by atomic mass is 32.1. The minimum atomic E-state index is -0.448. The van der Waals surface area contributed by atoms with Crippen molar-refractivity contribution in [3.8, 4) is 5.75 Å². The predicted octanol–water partition coefficient (Wildman–Crippen LogP) is 3.21. The number of benzene rings is 1. The van der Waals surface area contributed by atoms with Gasteiger partial charge in [-0.15, -0.1) is 11.3 Å². The van der Waals surface area contributed by atoms with Crippen LogP contribution in [0.25, 0.3) is 10.2 Å². The van der Waals surface area contributed by atoms with Crippen molar-refractivity contribution in [2.45, 2.75) is 0 Å². The first-order chi connectivity index (χ1) is 9.67. The van der Waals surface area contributed by atoms with Crippen molar-refractivity contribution in [1.29, 1.82) is 0 Å². The van der Waals surface area contributed by atoms with Crippen LogP contribution in [0.1, 0.15) is 10.4 Å². The topological polar surface area (TPSA) is 77.2 Å². The molecule has 5 nitrogen and oxygen atoms in total. The summed E-state index contributed by atoms with van der Waals surface area (Å²) in [5.74, 6) is 0.346. The number of hydrogen-bond donors (Lipinski definition) is 2. The van der Waals surface area contributed by atoms with E-state index in [1.807, 2.05) is 23.6 Å². The summed E-state index contributed by atoms with van der Waals surface area (Å²) < 4.78 is 6.20. The third-order valence-electron chi connectivity index (χ3n) is 2.75. The molecular weight excluding hydrogens is 294 g/mol. The summed E-state index contributed by atoms with van der Waals surface area (Å²) in [6, 6.07) is 7.40. The summed E-state index contributed by atoms with van der Waals surface area (Å²) in [5.41, 5.74) is 6.68. The Bertz CT molecular complexity index is 779. The van der Waals surface area contributed by atoms with Gasteiger partial charge in [-0.25, -0.2) is 4.98 Å². The highest BCUT2D eigenvalue weighted by molar-refractivity contribution is 7.22. The number of fused-ring (bicyclic) bond motifs is 1. The lowest BCUT2D eigenvalue weighted by atomic mass is 10.3. The van der Waals surface area contributed by atoms with Crippen LogP contribution in [0.15, 0.2) is 29.6 Å². The lowest BCUT2D eigenvalue weighted by Crippen LogP contribution is -2.11. The van der Waals surface area contributed by atoms with Gasteiger partial charge in [-0.1, -0.05) is 11.3 Å². The molecule has 20 heavy (non-hydrogen) atoms. The average molecular weight is 305 g/mol. The summed E-state index contributed by atoms with van der Waals surface area (Å²) in [5, 5.41) is 6.40. The number of rotatable bonds is 4. The fraction of sp³-hybridized carbons (Fsp3) is 0.0769. The molecule has 0 fully saturated rings. The van der Waals surface area contributed by atoms with Crippen molar-refractivity contribution < 1.29 is 9.53 Å². The number of anilines is 2. The maximum Gasteiger partial charge on any atom is 0.251 e. The van der Waals surface area contributed by atoms with Crippen LogP contribution >= 0.6 is 22.7 Å². The number of hydrogen-bond acceptors (Lipinski definition) is 6. The first-order valence-corrected chi connectivity index (χ1v) is 7.46. The zero-order chi connectivity index (χ0) is 14.1. The molecule has 3 rings (SSSR count). The van der Waals surface area contributed by atoms with Gasteiger partial charge in [0.2, 0.25) is 0 Å². The smallest absolute Gasteiger partial charge is 0.251 e. The van der Waals surface area contributed by atoms with Crippen LogP contribution in [-0.2, 0) is 0 Å². The molecule has 0 unspecified atom stereocenters. The van der Waals surface area contributed by atoms with Gasteiger partial charge in [0.15, 0.2) is 5.13 Å². The second kappa shape index (κ2) is 5.10.